The lowest BCUT2D eigenvalue weighted by atomic mass is 9.70. The summed E-state index contributed by atoms with van der Waals surface area (Å²) in [4.78, 5) is 67.3. The van der Waals surface area contributed by atoms with Crippen LogP contribution in [-0.2, 0) is 10.3 Å². The first-order chi connectivity index (χ1) is 16.7. The predicted octanol–water partition coefficient (Wildman–Crippen LogP) is 3.70. The van der Waals surface area contributed by atoms with E-state index in [1.807, 2.05) is 0 Å². The van der Waals surface area contributed by atoms with Crippen LogP contribution in [0.3, 0.4) is 0 Å². The molecule has 176 valence electrons. The highest BCUT2D eigenvalue weighted by molar-refractivity contribution is 6.22. The van der Waals surface area contributed by atoms with E-state index in [1.165, 1.54) is 62.6 Å². The van der Waals surface area contributed by atoms with E-state index >= 15 is 0 Å². The third-order valence-corrected chi connectivity index (χ3v) is 6.31. The van der Waals surface area contributed by atoms with Crippen molar-refractivity contribution in [2.75, 3.05) is 14.1 Å². The van der Waals surface area contributed by atoms with Crippen LogP contribution in [0.25, 0.3) is 0 Å². The molecule has 1 fully saturated rings. The first-order valence-corrected chi connectivity index (χ1v) is 10.7. The highest BCUT2D eigenvalue weighted by Crippen LogP contribution is 2.45. The molecular weight excluding hydrogens is 450 g/mol. The van der Waals surface area contributed by atoms with E-state index in [0.29, 0.717) is 0 Å². The number of amides is 3. The topological polar surface area (TPSA) is 118 Å². The number of rotatable bonds is 7. The number of carbonyl (C=O) groups is 4. The van der Waals surface area contributed by atoms with Crippen molar-refractivity contribution in [1.82, 2.24) is 9.80 Å². The number of imide groups is 1. The van der Waals surface area contributed by atoms with Crippen molar-refractivity contribution in [3.8, 4) is 0 Å². The maximum absolute atomic E-state index is 14.0. The molecule has 0 saturated carbocycles. The Bertz CT molecular complexity index is 1270. The first-order valence-electron chi connectivity index (χ1n) is 10.7. The quantitative estimate of drug-likeness (QED) is 0.170. The summed E-state index contributed by atoms with van der Waals surface area (Å²) in [5, 5.41) is 11.2. The number of Topliss-reactive ketones (excluding diaryl/α,β-unsaturated/α-hetero) is 2. The van der Waals surface area contributed by atoms with Gasteiger partial charge in [-0.2, -0.15) is 0 Å². The summed E-state index contributed by atoms with van der Waals surface area (Å²) in [5.74, 6) is -3.74. The van der Waals surface area contributed by atoms with Gasteiger partial charge < -0.3 is 4.90 Å². The molecule has 0 spiro atoms. The standard InChI is InChI=1S/C26H21N3O6/c1-27-24(32)26(28(2)25(27)33,19-13-15-20(16-14-19)29(34)35)21(22(30)17-9-5-3-6-10-17)23(31)18-11-7-4-8-12-18/h3-16,21H,1-2H3. The Morgan fingerprint density at radius 3 is 1.63 bits per heavy atom. The second kappa shape index (κ2) is 8.94. The van der Waals surface area contributed by atoms with Crippen molar-refractivity contribution < 1.29 is 24.1 Å². The van der Waals surface area contributed by atoms with Crippen molar-refractivity contribution in [1.29, 1.82) is 0 Å². The van der Waals surface area contributed by atoms with E-state index in [9.17, 15) is 29.3 Å². The molecule has 0 aromatic heterocycles. The van der Waals surface area contributed by atoms with Crippen LogP contribution < -0.4 is 0 Å². The highest BCUT2D eigenvalue weighted by Gasteiger charge is 2.64. The van der Waals surface area contributed by atoms with Crippen molar-refractivity contribution >= 4 is 29.2 Å². The Labute approximate surface area is 200 Å². The van der Waals surface area contributed by atoms with E-state index in [4.69, 9.17) is 0 Å². The maximum Gasteiger partial charge on any atom is 0.327 e. The Morgan fingerprint density at radius 1 is 0.800 bits per heavy atom. The fourth-order valence-electron chi connectivity index (χ4n) is 4.54. The number of ketones is 2. The molecule has 9 nitrogen and oxygen atoms in total. The molecule has 9 heteroatoms. The normalized spacial score (nSPS) is 17.7. The molecule has 3 amide bonds. The Morgan fingerprint density at radius 2 is 1.26 bits per heavy atom. The van der Waals surface area contributed by atoms with Gasteiger partial charge in [0.05, 0.1) is 4.92 Å². The van der Waals surface area contributed by atoms with Crippen LogP contribution in [0.2, 0.25) is 0 Å². The number of benzene rings is 3. The number of nitrogens with zero attached hydrogens (tertiary/aromatic N) is 3. The van der Waals surface area contributed by atoms with Crippen LogP contribution in [0.15, 0.2) is 84.9 Å². The summed E-state index contributed by atoms with van der Waals surface area (Å²) in [6, 6.07) is 20.3. The number of hydrogen-bond donors (Lipinski definition) is 0. The third kappa shape index (κ3) is 3.67. The molecular formula is C26H21N3O6. The van der Waals surface area contributed by atoms with E-state index in [1.54, 1.807) is 36.4 Å². The van der Waals surface area contributed by atoms with Gasteiger partial charge in [0, 0.05) is 37.4 Å². The monoisotopic (exact) mass is 471 g/mol. The second-order valence-electron chi connectivity index (χ2n) is 8.17. The van der Waals surface area contributed by atoms with Crippen molar-refractivity contribution in [2.45, 2.75) is 5.54 Å². The van der Waals surface area contributed by atoms with E-state index < -0.39 is 39.9 Å². The average molecular weight is 471 g/mol. The molecule has 1 aliphatic rings. The van der Waals surface area contributed by atoms with E-state index in [0.717, 1.165) is 9.80 Å². The summed E-state index contributed by atoms with van der Waals surface area (Å²) >= 11 is 0. The van der Waals surface area contributed by atoms with Crippen LogP contribution in [0.4, 0.5) is 10.5 Å². The molecule has 1 heterocycles. The molecule has 1 atom stereocenters. The molecule has 0 N–H and O–H groups in total. The minimum Gasteiger partial charge on any atom is -0.307 e. The SMILES string of the molecule is CN1C(=O)N(C)C(c2ccc([N+](=O)[O-])cc2)(C(C(=O)c2ccccc2)C(=O)c2ccccc2)C1=O. The first kappa shape index (κ1) is 23.5. The number of carbonyl (C=O) groups excluding carboxylic acids is 4. The van der Waals surface area contributed by atoms with Crippen molar-refractivity contribution in [2.24, 2.45) is 5.92 Å². The molecule has 0 aliphatic carbocycles. The molecule has 3 aromatic rings. The summed E-state index contributed by atoms with van der Waals surface area (Å²) in [6.07, 6.45) is 0. The number of non-ortho nitro benzene ring substituents is 1. The fraction of sp³-hybridized carbons (Fsp3) is 0.154. The van der Waals surface area contributed by atoms with Crippen molar-refractivity contribution in [3.05, 3.63) is 112 Å². The molecule has 0 bridgehead atoms. The maximum atomic E-state index is 14.0. The molecule has 3 aromatic carbocycles. The van der Waals surface area contributed by atoms with Gasteiger partial charge >= 0.3 is 6.03 Å². The summed E-state index contributed by atoms with van der Waals surface area (Å²) < 4.78 is 0. The fourth-order valence-corrected chi connectivity index (χ4v) is 4.54. The minimum absolute atomic E-state index is 0.117. The van der Waals surface area contributed by atoms with Crippen LogP contribution in [0, 0.1) is 16.0 Å². The Balaban J connectivity index is 2.03. The summed E-state index contributed by atoms with van der Waals surface area (Å²) in [6.45, 7) is 0. The van der Waals surface area contributed by atoms with Gasteiger partial charge in [-0.1, -0.05) is 60.7 Å². The van der Waals surface area contributed by atoms with Gasteiger partial charge in [-0.3, -0.25) is 29.4 Å². The number of likely N-dealkylation sites (N-methyl/N-ethyl adjacent to an activating group) is 2. The van der Waals surface area contributed by atoms with E-state index in [-0.39, 0.29) is 22.4 Å². The van der Waals surface area contributed by atoms with Crippen LogP contribution >= 0.6 is 0 Å². The lowest BCUT2D eigenvalue weighted by Crippen LogP contribution is -2.56. The van der Waals surface area contributed by atoms with E-state index in [2.05, 4.69) is 0 Å². The lowest BCUT2D eigenvalue weighted by Gasteiger charge is -2.38. The smallest absolute Gasteiger partial charge is 0.307 e. The molecule has 0 radical (unpaired) electrons. The largest absolute Gasteiger partial charge is 0.327 e. The predicted molar refractivity (Wildman–Crippen MR) is 126 cm³/mol. The van der Waals surface area contributed by atoms with Gasteiger partial charge in [-0.15, -0.1) is 0 Å². The van der Waals surface area contributed by atoms with Crippen LogP contribution in [-0.4, -0.2) is 52.3 Å². The zero-order valence-electron chi connectivity index (χ0n) is 19.0. The summed E-state index contributed by atoms with van der Waals surface area (Å²) in [7, 11) is 2.61. The molecule has 1 unspecified atom stereocenters. The number of nitro benzene ring substituents is 1. The second-order valence-corrected chi connectivity index (χ2v) is 8.17. The number of urea groups is 1. The third-order valence-electron chi connectivity index (χ3n) is 6.31. The molecule has 1 aliphatic heterocycles. The Kier molecular flexibility index (Phi) is 6.00. The Hall–Kier alpha value is -4.66. The zero-order chi connectivity index (χ0) is 25.3. The lowest BCUT2D eigenvalue weighted by molar-refractivity contribution is -0.384. The molecule has 35 heavy (non-hydrogen) atoms. The molecule has 1 saturated heterocycles. The van der Waals surface area contributed by atoms with Gasteiger partial charge in [-0.05, 0) is 17.7 Å². The van der Waals surface area contributed by atoms with Crippen LogP contribution in [0.5, 0.6) is 0 Å². The summed E-state index contributed by atoms with van der Waals surface area (Å²) in [5.41, 5.74) is -1.80. The van der Waals surface area contributed by atoms with Gasteiger partial charge in [0.15, 0.2) is 17.1 Å². The zero-order valence-corrected chi connectivity index (χ0v) is 19.0. The molecule has 4 rings (SSSR count). The average Bonchev–Trinajstić information content (AvgIpc) is 3.06. The minimum atomic E-state index is -2.05. The van der Waals surface area contributed by atoms with Gasteiger partial charge in [0.1, 0.15) is 5.92 Å². The highest BCUT2D eigenvalue weighted by atomic mass is 16.6. The van der Waals surface area contributed by atoms with Gasteiger partial charge in [-0.25, -0.2) is 4.79 Å². The van der Waals surface area contributed by atoms with Gasteiger partial charge in [0.25, 0.3) is 11.6 Å². The number of nitro groups is 1. The van der Waals surface area contributed by atoms with Crippen LogP contribution in [0.1, 0.15) is 26.3 Å². The van der Waals surface area contributed by atoms with Crippen molar-refractivity contribution in [3.63, 3.8) is 0 Å². The van der Waals surface area contributed by atoms with Gasteiger partial charge in [0.2, 0.25) is 0 Å². The number of hydrogen-bond acceptors (Lipinski definition) is 6.